The summed E-state index contributed by atoms with van der Waals surface area (Å²) in [7, 11) is 3.05. The smallest absolute Gasteiger partial charge is 0.205 e. The van der Waals surface area contributed by atoms with Gasteiger partial charge in [0.1, 0.15) is 12.4 Å². The van der Waals surface area contributed by atoms with E-state index >= 15 is 0 Å². The van der Waals surface area contributed by atoms with Gasteiger partial charge in [-0.1, -0.05) is 17.9 Å². The molecule has 1 aliphatic carbocycles. The minimum Gasteiger partial charge on any atom is -0.504 e. The van der Waals surface area contributed by atoms with Crippen molar-refractivity contribution in [2.45, 2.75) is 12.8 Å². The highest BCUT2D eigenvalue weighted by molar-refractivity contribution is 6.15. The number of nitrogens with one attached hydrogen (secondary N) is 1. The van der Waals surface area contributed by atoms with Crippen LogP contribution in [-0.2, 0) is 6.42 Å². The predicted molar refractivity (Wildman–Crippen MR) is 114 cm³/mol. The number of aryl methyl sites for hydroxylation is 1. The molecule has 152 valence electrons. The second-order valence-corrected chi connectivity index (χ2v) is 6.93. The van der Waals surface area contributed by atoms with Crippen molar-refractivity contribution in [3.05, 3.63) is 58.3 Å². The number of benzene rings is 2. The summed E-state index contributed by atoms with van der Waals surface area (Å²) in [5.41, 5.74) is 4.33. The number of aliphatic hydroxyl groups excluding tert-OH is 1. The van der Waals surface area contributed by atoms with E-state index in [-0.39, 0.29) is 18.1 Å². The number of Topliss-reactive ketones (excluding diaryl/α,β-unsaturated/α-hetero) is 1. The van der Waals surface area contributed by atoms with Crippen LogP contribution in [0.15, 0.2) is 35.9 Å². The van der Waals surface area contributed by atoms with Crippen molar-refractivity contribution in [1.29, 1.82) is 0 Å². The molecular formula is C24H21NO5. The van der Waals surface area contributed by atoms with Crippen LogP contribution in [0.3, 0.4) is 0 Å². The molecule has 2 aromatic carbocycles. The second-order valence-electron chi connectivity index (χ2n) is 6.93. The summed E-state index contributed by atoms with van der Waals surface area (Å²) in [5, 5.41) is 19.8. The third-order valence-corrected chi connectivity index (χ3v) is 5.26. The first kappa shape index (κ1) is 19.6. The van der Waals surface area contributed by atoms with Gasteiger partial charge in [0.2, 0.25) is 5.78 Å². The Balaban J connectivity index is 1.80. The third-order valence-electron chi connectivity index (χ3n) is 5.26. The molecule has 0 aliphatic heterocycles. The predicted octanol–water partition coefficient (Wildman–Crippen LogP) is 3.45. The number of phenolic OH excluding ortho intramolecular Hbond substituents is 1. The molecule has 0 saturated carbocycles. The molecule has 1 aliphatic rings. The molecule has 4 rings (SSSR count). The molecule has 3 aromatic rings. The number of hydrogen-bond acceptors (Lipinski definition) is 5. The van der Waals surface area contributed by atoms with E-state index in [1.165, 1.54) is 7.11 Å². The quantitative estimate of drug-likeness (QED) is 0.460. The molecule has 1 aromatic heterocycles. The van der Waals surface area contributed by atoms with Gasteiger partial charge in [0.25, 0.3) is 0 Å². The van der Waals surface area contributed by atoms with Gasteiger partial charge in [-0.15, -0.1) is 0 Å². The van der Waals surface area contributed by atoms with Gasteiger partial charge in [-0.05, 0) is 54.3 Å². The van der Waals surface area contributed by atoms with Crippen LogP contribution in [0, 0.1) is 11.8 Å². The van der Waals surface area contributed by atoms with Crippen LogP contribution in [0.2, 0.25) is 0 Å². The highest BCUT2D eigenvalue weighted by atomic mass is 16.5. The molecule has 0 bridgehead atoms. The molecule has 0 atom stereocenters. The molecule has 0 spiro atoms. The molecule has 6 nitrogen and oxygen atoms in total. The summed E-state index contributed by atoms with van der Waals surface area (Å²) in [6.45, 7) is -0.262. The van der Waals surface area contributed by atoms with Gasteiger partial charge in [-0.2, -0.15) is 0 Å². The van der Waals surface area contributed by atoms with E-state index in [9.17, 15) is 9.90 Å². The second kappa shape index (κ2) is 7.97. The summed E-state index contributed by atoms with van der Waals surface area (Å²) in [6.07, 6.45) is 3.14. The van der Waals surface area contributed by atoms with Gasteiger partial charge in [0.15, 0.2) is 11.5 Å². The van der Waals surface area contributed by atoms with Crippen molar-refractivity contribution >= 4 is 22.8 Å². The van der Waals surface area contributed by atoms with Gasteiger partial charge in [0, 0.05) is 11.0 Å². The number of aliphatic hydroxyl groups is 1. The fourth-order valence-electron chi connectivity index (χ4n) is 3.83. The molecule has 1 heterocycles. The third kappa shape index (κ3) is 3.30. The Hall–Kier alpha value is -3.69. The Bertz CT molecular complexity index is 1240. The van der Waals surface area contributed by atoms with Crippen LogP contribution in [0.5, 0.6) is 17.2 Å². The number of phenols is 1. The minimum atomic E-state index is -0.262. The van der Waals surface area contributed by atoms with E-state index in [1.54, 1.807) is 25.3 Å². The van der Waals surface area contributed by atoms with Crippen LogP contribution >= 0.6 is 0 Å². The first-order valence-corrected chi connectivity index (χ1v) is 9.51. The lowest BCUT2D eigenvalue weighted by Crippen LogP contribution is -2.13. The van der Waals surface area contributed by atoms with Crippen LogP contribution in [-0.4, -0.2) is 41.8 Å². The molecule has 0 amide bonds. The molecule has 0 radical (unpaired) electrons. The van der Waals surface area contributed by atoms with E-state index in [0.717, 1.165) is 22.0 Å². The summed E-state index contributed by atoms with van der Waals surface area (Å²) in [5.74, 6) is 6.51. The normalized spacial score (nSPS) is 14.4. The number of ketones is 1. The maximum absolute atomic E-state index is 13.2. The Morgan fingerprint density at radius 3 is 2.67 bits per heavy atom. The SMILES string of the molecule is COc1cc(/C=C2\CCc3c([nH]c4c(C#CCO)c(OC)ccc34)C2=O)ccc1O. The summed E-state index contributed by atoms with van der Waals surface area (Å²) in [4.78, 5) is 16.5. The molecule has 30 heavy (non-hydrogen) atoms. The molecule has 0 fully saturated rings. The first-order chi connectivity index (χ1) is 14.6. The van der Waals surface area contributed by atoms with E-state index in [0.29, 0.717) is 41.2 Å². The number of aromatic nitrogens is 1. The van der Waals surface area contributed by atoms with Crippen LogP contribution in [0.25, 0.3) is 17.0 Å². The van der Waals surface area contributed by atoms with Crippen molar-refractivity contribution in [2.75, 3.05) is 20.8 Å². The number of fused-ring (bicyclic) bond motifs is 3. The van der Waals surface area contributed by atoms with Gasteiger partial charge < -0.3 is 24.7 Å². The Kier molecular flexibility index (Phi) is 5.21. The van der Waals surface area contributed by atoms with E-state index in [2.05, 4.69) is 16.8 Å². The Labute approximate surface area is 173 Å². The van der Waals surface area contributed by atoms with Crippen LogP contribution in [0.1, 0.15) is 33.6 Å². The molecular weight excluding hydrogens is 382 g/mol. The standard InChI is InChI=1S/C24H21NO5/c1-29-20-10-8-16-17-7-6-15(12-14-5-9-19(27)21(13-14)30-2)24(28)23(17)25-22(16)18(20)4-3-11-26/h5,8-10,12-13,25-27H,6-7,11H2,1-2H3/b15-12+. The lowest BCUT2D eigenvalue weighted by atomic mass is 9.89. The average molecular weight is 403 g/mol. The minimum absolute atomic E-state index is 0.0537. The van der Waals surface area contributed by atoms with Gasteiger partial charge in [-0.3, -0.25) is 4.79 Å². The summed E-state index contributed by atoms with van der Waals surface area (Å²) >= 11 is 0. The zero-order valence-corrected chi connectivity index (χ0v) is 16.7. The number of H-pyrrole nitrogens is 1. The highest BCUT2D eigenvalue weighted by Gasteiger charge is 2.27. The molecule has 0 saturated heterocycles. The van der Waals surface area contributed by atoms with Gasteiger partial charge >= 0.3 is 0 Å². The molecule has 6 heteroatoms. The number of aromatic amines is 1. The van der Waals surface area contributed by atoms with E-state index < -0.39 is 0 Å². The molecule has 3 N–H and O–H groups in total. The zero-order valence-electron chi connectivity index (χ0n) is 16.7. The number of ether oxygens (including phenoxy) is 2. The van der Waals surface area contributed by atoms with Crippen molar-refractivity contribution in [1.82, 2.24) is 4.98 Å². The first-order valence-electron chi connectivity index (χ1n) is 9.51. The highest BCUT2D eigenvalue weighted by Crippen LogP contribution is 2.36. The van der Waals surface area contributed by atoms with Crippen LogP contribution < -0.4 is 9.47 Å². The fourth-order valence-corrected chi connectivity index (χ4v) is 3.83. The van der Waals surface area contributed by atoms with Crippen molar-refractivity contribution < 1.29 is 24.5 Å². The number of aromatic hydroxyl groups is 1. The topological polar surface area (TPSA) is 91.8 Å². The summed E-state index contributed by atoms with van der Waals surface area (Å²) < 4.78 is 10.6. The number of hydrogen-bond donors (Lipinski definition) is 3. The number of rotatable bonds is 3. The monoisotopic (exact) mass is 403 g/mol. The fraction of sp³-hybridized carbons (Fsp3) is 0.208. The van der Waals surface area contributed by atoms with E-state index in [1.807, 2.05) is 18.2 Å². The Morgan fingerprint density at radius 1 is 1.13 bits per heavy atom. The largest absolute Gasteiger partial charge is 0.504 e. The Morgan fingerprint density at radius 2 is 1.93 bits per heavy atom. The average Bonchev–Trinajstić information content (AvgIpc) is 3.14. The van der Waals surface area contributed by atoms with Crippen molar-refractivity contribution in [2.24, 2.45) is 0 Å². The number of allylic oxidation sites excluding steroid dienone is 1. The number of carbonyl (C=O) groups excluding carboxylic acids is 1. The van der Waals surface area contributed by atoms with Crippen molar-refractivity contribution in [3.63, 3.8) is 0 Å². The van der Waals surface area contributed by atoms with Crippen LogP contribution in [0.4, 0.5) is 0 Å². The maximum Gasteiger partial charge on any atom is 0.205 e. The van der Waals surface area contributed by atoms with Gasteiger partial charge in [0.05, 0.1) is 31.0 Å². The molecule has 0 unspecified atom stereocenters. The van der Waals surface area contributed by atoms with Gasteiger partial charge in [-0.25, -0.2) is 0 Å². The van der Waals surface area contributed by atoms with Crippen molar-refractivity contribution in [3.8, 4) is 29.1 Å². The summed E-state index contributed by atoms with van der Waals surface area (Å²) in [6, 6.07) is 8.75. The number of carbonyl (C=O) groups is 1. The lowest BCUT2D eigenvalue weighted by Gasteiger charge is -2.14. The maximum atomic E-state index is 13.2. The lowest BCUT2D eigenvalue weighted by molar-refractivity contribution is 0.102. The van der Waals surface area contributed by atoms with E-state index in [4.69, 9.17) is 14.6 Å². The zero-order chi connectivity index (χ0) is 21.3. The number of methoxy groups -OCH3 is 2.